The first kappa shape index (κ1) is 28.4. The Morgan fingerprint density at radius 1 is 0.947 bits per heavy atom. The van der Waals surface area contributed by atoms with Crippen molar-refractivity contribution in [2.24, 2.45) is 0 Å². The number of benzene rings is 3. The number of amides is 2. The molecule has 38 heavy (non-hydrogen) atoms. The number of alkyl halides is 3. The van der Waals surface area contributed by atoms with Crippen molar-refractivity contribution in [3.63, 3.8) is 0 Å². The highest BCUT2D eigenvalue weighted by Crippen LogP contribution is 2.30. The molecule has 0 radical (unpaired) electrons. The monoisotopic (exact) mass is 525 g/mol. The fourth-order valence-corrected chi connectivity index (χ4v) is 3.51. The Kier molecular flexibility index (Phi) is 9.64. The van der Waals surface area contributed by atoms with Gasteiger partial charge in [-0.25, -0.2) is 0 Å². The van der Waals surface area contributed by atoms with Crippen LogP contribution >= 0.6 is 0 Å². The van der Waals surface area contributed by atoms with Crippen molar-refractivity contribution in [1.29, 1.82) is 0 Å². The van der Waals surface area contributed by atoms with Crippen LogP contribution in [-0.2, 0) is 15.8 Å². The number of anilines is 3. The highest BCUT2D eigenvalue weighted by molar-refractivity contribution is 6.03. The van der Waals surface area contributed by atoms with Crippen molar-refractivity contribution in [2.75, 3.05) is 43.6 Å². The largest absolute Gasteiger partial charge is 0.416 e. The fourth-order valence-electron chi connectivity index (χ4n) is 3.51. The van der Waals surface area contributed by atoms with Crippen molar-refractivity contribution >= 4 is 35.0 Å². The lowest BCUT2D eigenvalue weighted by Crippen LogP contribution is -2.36. The number of nitrogen functional groups attached to an aromatic ring is 1. The summed E-state index contributed by atoms with van der Waals surface area (Å²) in [7, 11) is 3.81. The number of para-hydroxylation sites is 2. The van der Waals surface area contributed by atoms with Crippen LogP contribution in [0.3, 0.4) is 0 Å². The van der Waals surface area contributed by atoms with E-state index in [1.807, 2.05) is 19.0 Å². The number of nitrogens with one attached hydrogen (secondary N) is 3. The molecule has 10 heteroatoms. The van der Waals surface area contributed by atoms with Crippen LogP contribution in [0.4, 0.5) is 30.2 Å². The van der Waals surface area contributed by atoms with Crippen molar-refractivity contribution in [2.45, 2.75) is 12.2 Å². The third kappa shape index (κ3) is 8.46. The number of carbonyl (C=O) groups excluding carboxylic acids is 2. The van der Waals surface area contributed by atoms with Crippen molar-refractivity contribution in [1.82, 2.24) is 10.2 Å². The van der Waals surface area contributed by atoms with Crippen molar-refractivity contribution in [3.05, 3.63) is 95.6 Å². The van der Waals surface area contributed by atoms with Gasteiger partial charge in [0.05, 0.1) is 16.9 Å². The third-order valence-electron chi connectivity index (χ3n) is 5.57. The Bertz CT molecular complexity index is 1260. The van der Waals surface area contributed by atoms with Gasteiger partial charge in [-0.1, -0.05) is 36.4 Å². The van der Waals surface area contributed by atoms with E-state index in [1.54, 1.807) is 54.6 Å². The van der Waals surface area contributed by atoms with Crippen LogP contribution in [0.5, 0.6) is 0 Å². The van der Waals surface area contributed by atoms with Crippen molar-refractivity contribution < 1.29 is 22.8 Å². The lowest BCUT2D eigenvalue weighted by atomic mass is 10.0. The van der Waals surface area contributed by atoms with E-state index in [0.29, 0.717) is 30.0 Å². The second-order valence-electron chi connectivity index (χ2n) is 8.83. The average molecular weight is 526 g/mol. The molecule has 3 aromatic carbocycles. The van der Waals surface area contributed by atoms with E-state index in [-0.39, 0.29) is 11.6 Å². The molecule has 0 aliphatic heterocycles. The number of rotatable bonds is 10. The highest BCUT2D eigenvalue weighted by Gasteiger charge is 2.30. The van der Waals surface area contributed by atoms with E-state index in [1.165, 1.54) is 18.2 Å². The molecule has 0 aromatic heterocycles. The number of carbonyl (C=O) groups is 2. The van der Waals surface area contributed by atoms with Gasteiger partial charge in [0.1, 0.15) is 6.04 Å². The van der Waals surface area contributed by atoms with Gasteiger partial charge in [0.15, 0.2) is 0 Å². The summed E-state index contributed by atoms with van der Waals surface area (Å²) in [6.45, 7) is 1.18. The predicted molar refractivity (Wildman–Crippen MR) is 144 cm³/mol. The van der Waals surface area contributed by atoms with E-state index in [9.17, 15) is 22.8 Å². The van der Waals surface area contributed by atoms with Crippen LogP contribution < -0.4 is 21.7 Å². The Morgan fingerprint density at radius 2 is 1.61 bits per heavy atom. The molecule has 200 valence electrons. The topological polar surface area (TPSA) is 99.5 Å². The lowest BCUT2D eigenvalue weighted by molar-refractivity contribution is -0.137. The zero-order valence-corrected chi connectivity index (χ0v) is 21.0. The molecule has 0 fully saturated rings. The summed E-state index contributed by atoms with van der Waals surface area (Å²) in [4.78, 5) is 27.3. The SMILES string of the molecule is CN(C)CCNC(C(=O)Nc1ccc(C(F)(F)F)cc1)c1ccc(/C=C/C(=O)Nc2ccccc2N)cc1. The maximum atomic E-state index is 13.1. The van der Waals surface area contributed by atoms with Gasteiger partial charge in [0, 0.05) is 24.9 Å². The van der Waals surface area contributed by atoms with Crippen LogP contribution in [-0.4, -0.2) is 43.9 Å². The minimum Gasteiger partial charge on any atom is -0.397 e. The van der Waals surface area contributed by atoms with Gasteiger partial charge in [-0.15, -0.1) is 0 Å². The maximum Gasteiger partial charge on any atom is 0.416 e. The number of likely N-dealkylation sites (N-methyl/N-ethyl adjacent to an activating group) is 1. The van der Waals surface area contributed by atoms with Crippen LogP contribution in [0.2, 0.25) is 0 Å². The molecule has 0 aliphatic carbocycles. The first-order valence-electron chi connectivity index (χ1n) is 11.8. The first-order chi connectivity index (χ1) is 18.0. The second-order valence-corrected chi connectivity index (χ2v) is 8.83. The Morgan fingerprint density at radius 3 is 2.21 bits per heavy atom. The average Bonchev–Trinajstić information content (AvgIpc) is 2.87. The van der Waals surface area contributed by atoms with Gasteiger partial charge in [0.2, 0.25) is 11.8 Å². The standard InChI is InChI=1S/C28H30F3N5O2/c1-36(2)18-17-33-26(27(38)34-22-14-12-21(13-15-22)28(29,30)31)20-10-7-19(8-11-20)9-16-25(37)35-24-6-4-3-5-23(24)32/h3-16,26,33H,17-18,32H2,1-2H3,(H,34,38)(H,35,37)/b16-9+. The second kappa shape index (κ2) is 12.9. The number of hydrogen-bond donors (Lipinski definition) is 4. The fraction of sp³-hybridized carbons (Fsp3) is 0.214. The normalized spacial score (nSPS) is 12.5. The van der Waals surface area contributed by atoms with Crippen LogP contribution in [0, 0.1) is 0 Å². The molecule has 0 bridgehead atoms. The van der Waals surface area contributed by atoms with Crippen LogP contribution in [0.1, 0.15) is 22.7 Å². The van der Waals surface area contributed by atoms with E-state index < -0.39 is 23.7 Å². The molecular formula is C28H30F3N5O2. The van der Waals surface area contributed by atoms with Gasteiger partial charge in [-0.05, 0) is 67.7 Å². The molecule has 0 saturated heterocycles. The number of hydrogen-bond acceptors (Lipinski definition) is 5. The minimum atomic E-state index is -4.45. The summed E-state index contributed by atoms with van der Waals surface area (Å²) in [6, 6.07) is 17.5. The Balaban J connectivity index is 1.70. The molecule has 7 nitrogen and oxygen atoms in total. The first-order valence-corrected chi connectivity index (χ1v) is 11.8. The molecule has 0 spiro atoms. The molecule has 0 heterocycles. The summed E-state index contributed by atoms with van der Waals surface area (Å²) in [5.41, 5.74) is 7.68. The summed E-state index contributed by atoms with van der Waals surface area (Å²) >= 11 is 0. The van der Waals surface area contributed by atoms with Gasteiger partial charge < -0.3 is 26.6 Å². The predicted octanol–water partition coefficient (Wildman–Crippen LogP) is 4.77. The number of nitrogens with zero attached hydrogens (tertiary/aromatic N) is 1. The van der Waals surface area contributed by atoms with E-state index in [0.717, 1.165) is 17.7 Å². The molecule has 5 N–H and O–H groups in total. The molecule has 0 aliphatic rings. The van der Waals surface area contributed by atoms with Gasteiger partial charge in [-0.3, -0.25) is 9.59 Å². The van der Waals surface area contributed by atoms with Crippen molar-refractivity contribution in [3.8, 4) is 0 Å². The Hall–Kier alpha value is -4.15. The van der Waals surface area contributed by atoms with Crippen LogP contribution in [0.25, 0.3) is 6.08 Å². The summed E-state index contributed by atoms with van der Waals surface area (Å²) < 4.78 is 38.5. The summed E-state index contributed by atoms with van der Waals surface area (Å²) in [6.07, 6.45) is -1.44. The lowest BCUT2D eigenvalue weighted by Gasteiger charge is -2.20. The van der Waals surface area contributed by atoms with Gasteiger partial charge in [0.25, 0.3) is 0 Å². The molecule has 2 amide bonds. The zero-order chi connectivity index (χ0) is 27.7. The quantitative estimate of drug-likeness (QED) is 0.226. The number of nitrogens with two attached hydrogens (primary N) is 1. The number of halogens is 3. The third-order valence-corrected chi connectivity index (χ3v) is 5.57. The van der Waals surface area contributed by atoms with E-state index in [2.05, 4.69) is 16.0 Å². The van der Waals surface area contributed by atoms with Gasteiger partial charge in [-0.2, -0.15) is 13.2 Å². The molecule has 1 unspecified atom stereocenters. The van der Waals surface area contributed by atoms with Crippen LogP contribution in [0.15, 0.2) is 78.9 Å². The summed E-state index contributed by atoms with van der Waals surface area (Å²) in [5.74, 6) is -0.752. The smallest absolute Gasteiger partial charge is 0.397 e. The molecule has 3 aromatic rings. The van der Waals surface area contributed by atoms with Gasteiger partial charge >= 0.3 is 6.18 Å². The molecule has 0 saturated carbocycles. The molecule has 3 rings (SSSR count). The Labute approximate surface area is 219 Å². The summed E-state index contributed by atoms with van der Waals surface area (Å²) in [5, 5.41) is 8.59. The van der Waals surface area contributed by atoms with E-state index in [4.69, 9.17) is 5.73 Å². The maximum absolute atomic E-state index is 13.1. The van der Waals surface area contributed by atoms with E-state index >= 15 is 0 Å². The zero-order valence-electron chi connectivity index (χ0n) is 21.0. The minimum absolute atomic E-state index is 0.257. The molecular weight excluding hydrogens is 495 g/mol. The highest BCUT2D eigenvalue weighted by atomic mass is 19.4. The molecule has 1 atom stereocenters.